The molecule has 0 heterocycles. The molecule has 0 atom stereocenters. The van der Waals surface area contributed by atoms with Crippen LogP contribution in [0.4, 0.5) is 0 Å². The van der Waals surface area contributed by atoms with Gasteiger partial charge >= 0.3 is 21.1 Å². The number of hydrogen-bond donors (Lipinski definition) is 0. The van der Waals surface area contributed by atoms with Gasteiger partial charge in [-0.25, -0.2) is 0 Å². The largest absolute Gasteiger partial charge is 6.00 e. The maximum Gasteiger partial charge on any atom is 6.00 e. The van der Waals surface area contributed by atoms with E-state index in [0.717, 1.165) is 190 Å². The second-order valence-electron chi connectivity index (χ2n) is 19.7. The third-order valence-corrected chi connectivity index (χ3v) is 14.1. The monoisotopic (exact) mass is 944 g/mol. The zero-order valence-corrected chi connectivity index (χ0v) is 40.2. The first-order valence-corrected chi connectivity index (χ1v) is 23.4. The van der Waals surface area contributed by atoms with Gasteiger partial charge in [-0.15, -0.1) is 0 Å². The van der Waals surface area contributed by atoms with Crippen LogP contribution in [0.1, 0.15) is 196 Å². The molecule has 0 spiro atoms. The maximum absolute atomic E-state index is 10.3. The zero-order chi connectivity index (χ0) is 45.4. The number of carbonyl (C=O) groups excluding carboxylic acids is 6. The molecule has 61 heavy (non-hydrogen) atoms. The third-order valence-electron chi connectivity index (χ3n) is 14.1. The van der Waals surface area contributed by atoms with Crippen molar-refractivity contribution >= 4 is 35.8 Å². The molecule has 0 saturated heterocycles. The van der Waals surface area contributed by atoms with Gasteiger partial charge in [-0.1, -0.05) is 119 Å². The van der Waals surface area contributed by atoms with E-state index in [0.29, 0.717) is 0 Å². The Hall–Kier alpha value is -2.49. The summed E-state index contributed by atoms with van der Waals surface area (Å²) in [6.45, 7) is 13.0. The van der Waals surface area contributed by atoms with Crippen molar-refractivity contribution in [1.29, 1.82) is 0 Å². The molecule has 6 fully saturated rings. The number of carboxylic acids is 6. The van der Waals surface area contributed by atoms with E-state index in [1.165, 1.54) is 0 Å². The summed E-state index contributed by atoms with van der Waals surface area (Å²) in [7, 11) is 0. The number of rotatable bonds is 6. The summed E-state index contributed by atoms with van der Waals surface area (Å²) in [5.74, 6) is -1.76. The molecule has 0 aliphatic heterocycles. The number of aliphatic carboxylic acids is 6. The van der Waals surface area contributed by atoms with Gasteiger partial charge in [-0.2, -0.15) is 0 Å². The predicted octanol–water partition coefficient (Wildman–Crippen LogP) is 3.37. The maximum atomic E-state index is 10.3. The molecule has 12 nitrogen and oxygen atoms in total. The summed E-state index contributed by atoms with van der Waals surface area (Å²) in [6, 6.07) is 0. The van der Waals surface area contributed by atoms with Gasteiger partial charge in [0.25, 0.3) is 0 Å². The molecule has 0 unspecified atom stereocenters. The Morgan fingerprint density at radius 3 is 0.377 bits per heavy atom. The number of carbonyl (C=O) groups is 6. The summed E-state index contributed by atoms with van der Waals surface area (Å²) in [5.41, 5.74) is 0. The van der Waals surface area contributed by atoms with Crippen molar-refractivity contribution in [3.8, 4) is 0 Å². The molecule has 6 rings (SSSR count). The zero-order valence-electron chi connectivity index (χ0n) is 38.2. The van der Waals surface area contributed by atoms with Crippen LogP contribution in [0.5, 0.6) is 0 Å². The van der Waals surface area contributed by atoms with Crippen molar-refractivity contribution in [2.45, 2.75) is 196 Å². The topological polar surface area (TPSA) is 241 Å². The van der Waals surface area contributed by atoms with E-state index in [-0.39, 0.29) is 56.6 Å². The number of hydrogen-bond acceptors (Lipinski definition) is 12. The van der Waals surface area contributed by atoms with Crippen molar-refractivity contribution in [1.82, 2.24) is 0 Å². The Morgan fingerprint density at radius 1 is 0.230 bits per heavy atom. The van der Waals surface area contributed by atoms with Crippen LogP contribution in [0.15, 0.2) is 0 Å². The Bertz CT molecular complexity index is 995. The average molecular weight is 943 g/mol. The molecular weight excluding hydrogens is 864 g/mol. The molecule has 6 saturated carbocycles. The SMILES string of the molecule is CC1CCC(C(=O)[O-])CC1.CC1CCC(C(=O)[O-])CC1.CC1CCC(C(=O)[O-])CC1.CC1CCC(C(=O)[O-])CC1.CC1CCC(C(=O)[O-])CC1.CC1CCC(C(=O)[O-])CC1.[Mo+6]. The van der Waals surface area contributed by atoms with E-state index in [4.69, 9.17) is 0 Å². The van der Waals surface area contributed by atoms with Crippen LogP contribution in [-0.2, 0) is 49.8 Å². The molecule has 348 valence electrons. The van der Waals surface area contributed by atoms with Gasteiger partial charge in [-0.05, 0) is 148 Å². The van der Waals surface area contributed by atoms with Crippen LogP contribution >= 0.6 is 0 Å². The molecule has 0 N–H and O–H groups in total. The Balaban J connectivity index is 0.000000706. The fourth-order valence-corrected chi connectivity index (χ4v) is 8.97. The molecule has 0 amide bonds. The smallest absolute Gasteiger partial charge is 0.550 e. The normalized spacial score (nSPS) is 33.1. The minimum absolute atomic E-state index is 0. The molecule has 0 aromatic heterocycles. The quantitative estimate of drug-likeness (QED) is 0.349. The summed E-state index contributed by atoms with van der Waals surface area (Å²) in [5, 5.41) is 62.1. The molecule has 0 radical (unpaired) electrons. The van der Waals surface area contributed by atoms with Crippen molar-refractivity contribution < 1.29 is 80.5 Å². The van der Waals surface area contributed by atoms with Crippen molar-refractivity contribution in [3.63, 3.8) is 0 Å². The average Bonchev–Trinajstić information content (AvgIpc) is 3.20. The first kappa shape index (κ1) is 58.5. The first-order chi connectivity index (χ1) is 28.2. The minimum atomic E-state index is -0.855. The van der Waals surface area contributed by atoms with Crippen molar-refractivity contribution in [3.05, 3.63) is 0 Å². The van der Waals surface area contributed by atoms with E-state index in [1.54, 1.807) is 0 Å². The van der Waals surface area contributed by atoms with Crippen LogP contribution in [0.25, 0.3) is 0 Å². The molecule has 0 aromatic carbocycles. The van der Waals surface area contributed by atoms with Gasteiger partial charge in [0.15, 0.2) is 0 Å². The second kappa shape index (κ2) is 32.2. The fraction of sp³-hybridized carbons (Fsp3) is 0.875. The van der Waals surface area contributed by atoms with Crippen LogP contribution in [0.2, 0.25) is 0 Å². The molecule has 13 heteroatoms. The summed E-state index contributed by atoms with van der Waals surface area (Å²) < 4.78 is 0. The van der Waals surface area contributed by atoms with E-state index in [1.807, 2.05) is 0 Å². The molecule has 0 aromatic rings. The van der Waals surface area contributed by atoms with Crippen LogP contribution in [0.3, 0.4) is 0 Å². The first-order valence-electron chi connectivity index (χ1n) is 23.4. The standard InChI is InChI=1S/6C8H14O2.Mo/c6*1-6-2-4-7(5-3-6)8(9)10;/h6*6-7H,2-5H2,1H3,(H,9,10);/q;;;;;;+6/p-6. The van der Waals surface area contributed by atoms with E-state index in [2.05, 4.69) is 41.5 Å². The Morgan fingerprint density at radius 2 is 0.311 bits per heavy atom. The molecule has 6 aliphatic rings. The van der Waals surface area contributed by atoms with Gasteiger partial charge in [0, 0.05) is 35.8 Å². The number of carboxylic acid groups (broad SMARTS) is 6. The van der Waals surface area contributed by atoms with Crippen LogP contribution in [0, 0.1) is 71.0 Å². The molecular formula is C48H78MoO12. The van der Waals surface area contributed by atoms with Crippen molar-refractivity contribution in [2.24, 2.45) is 71.0 Å². The fourth-order valence-electron chi connectivity index (χ4n) is 8.97. The predicted molar refractivity (Wildman–Crippen MR) is 217 cm³/mol. The second-order valence-corrected chi connectivity index (χ2v) is 19.7. The van der Waals surface area contributed by atoms with E-state index < -0.39 is 35.8 Å². The summed E-state index contributed by atoms with van der Waals surface area (Å²) in [4.78, 5) is 62.1. The third kappa shape index (κ3) is 26.7. The molecule has 6 aliphatic carbocycles. The van der Waals surface area contributed by atoms with Gasteiger partial charge in [0.1, 0.15) is 0 Å². The van der Waals surface area contributed by atoms with Crippen LogP contribution in [-0.4, -0.2) is 35.8 Å². The van der Waals surface area contributed by atoms with Crippen molar-refractivity contribution in [2.75, 3.05) is 0 Å². The van der Waals surface area contributed by atoms with E-state index >= 15 is 0 Å². The van der Waals surface area contributed by atoms with Crippen LogP contribution < -0.4 is 30.6 Å². The summed E-state index contributed by atoms with van der Waals surface area (Å²) in [6.07, 6.45) is 22.5. The minimum Gasteiger partial charge on any atom is -0.550 e. The molecule has 0 bridgehead atoms. The van der Waals surface area contributed by atoms with Gasteiger partial charge < -0.3 is 59.4 Å². The Kier molecular flexibility index (Phi) is 30.9. The van der Waals surface area contributed by atoms with E-state index in [9.17, 15) is 59.4 Å². The van der Waals surface area contributed by atoms with Gasteiger partial charge in [-0.3, -0.25) is 0 Å². The van der Waals surface area contributed by atoms with Gasteiger partial charge in [0.05, 0.1) is 0 Å². The Labute approximate surface area is 381 Å². The van der Waals surface area contributed by atoms with Gasteiger partial charge in [0.2, 0.25) is 0 Å². The summed E-state index contributed by atoms with van der Waals surface area (Å²) >= 11 is 0.